The monoisotopic (exact) mass is 407 g/mol. The number of carbonyl (C=O) groups excluding carboxylic acids is 1. The predicted octanol–water partition coefficient (Wildman–Crippen LogP) is 5.13. The molecule has 1 saturated carbocycles. The van der Waals surface area contributed by atoms with Crippen LogP contribution in [0.4, 0.5) is 4.79 Å². The van der Waals surface area contributed by atoms with E-state index in [1.807, 2.05) is 25.7 Å². The van der Waals surface area contributed by atoms with Crippen molar-refractivity contribution in [1.82, 2.24) is 4.90 Å². The van der Waals surface area contributed by atoms with Crippen LogP contribution in [0.2, 0.25) is 0 Å². The van der Waals surface area contributed by atoms with Crippen LogP contribution < -0.4 is 0 Å². The van der Waals surface area contributed by atoms with Crippen LogP contribution in [-0.2, 0) is 22.5 Å². The summed E-state index contributed by atoms with van der Waals surface area (Å²) in [5, 5.41) is 0. The van der Waals surface area contributed by atoms with Crippen molar-refractivity contribution >= 4 is 22.0 Å². The number of carbonyl (C=O) groups is 1. The summed E-state index contributed by atoms with van der Waals surface area (Å²) in [4.78, 5) is 14.6. The summed E-state index contributed by atoms with van der Waals surface area (Å²) in [5.41, 5.74) is 3.52. The Morgan fingerprint density at radius 3 is 2.80 bits per heavy atom. The number of halogens is 1. The smallest absolute Gasteiger partial charge is 0.410 e. The van der Waals surface area contributed by atoms with E-state index in [1.54, 1.807) is 0 Å². The van der Waals surface area contributed by atoms with Crippen molar-refractivity contribution in [3.05, 3.63) is 33.3 Å². The Labute approximate surface area is 158 Å². The van der Waals surface area contributed by atoms with Crippen molar-refractivity contribution < 1.29 is 14.3 Å². The molecular formula is C20H26BrNO3. The maximum Gasteiger partial charge on any atom is 0.410 e. The second-order valence-electron chi connectivity index (χ2n) is 8.61. The fourth-order valence-corrected chi connectivity index (χ4v) is 4.58. The molecule has 0 aromatic heterocycles. The Kier molecular flexibility index (Phi) is 4.15. The van der Waals surface area contributed by atoms with Crippen LogP contribution in [0, 0.1) is 0 Å². The molecule has 0 N–H and O–H groups in total. The van der Waals surface area contributed by atoms with Gasteiger partial charge in [-0.25, -0.2) is 4.79 Å². The number of hydrogen-bond acceptors (Lipinski definition) is 3. The third-order valence-corrected chi connectivity index (χ3v) is 5.88. The normalized spacial score (nSPS) is 24.3. The fraction of sp³-hybridized carbons (Fsp3) is 0.650. The molecule has 5 heteroatoms. The SMILES string of the molecule is CC(C)(C)OC(=O)N1CCC[C@H]1c1cc(Br)cc2c1COC1(CC1)C2. The van der Waals surface area contributed by atoms with Gasteiger partial charge < -0.3 is 14.4 Å². The first-order chi connectivity index (χ1) is 11.8. The zero-order chi connectivity index (χ0) is 17.8. The summed E-state index contributed by atoms with van der Waals surface area (Å²) in [6.45, 7) is 7.17. The number of likely N-dealkylation sites (tertiary alicyclic amines) is 1. The van der Waals surface area contributed by atoms with Gasteiger partial charge in [0.15, 0.2) is 0 Å². The number of ether oxygens (including phenoxy) is 2. The first-order valence-electron chi connectivity index (χ1n) is 9.21. The molecule has 4 rings (SSSR count). The molecule has 0 bridgehead atoms. The minimum absolute atomic E-state index is 0.0814. The lowest BCUT2D eigenvalue weighted by molar-refractivity contribution is 0.00578. The predicted molar refractivity (Wildman–Crippen MR) is 99.5 cm³/mol. The van der Waals surface area contributed by atoms with Gasteiger partial charge in [0.1, 0.15) is 5.60 Å². The van der Waals surface area contributed by atoms with E-state index >= 15 is 0 Å². The van der Waals surface area contributed by atoms with Gasteiger partial charge in [-0.3, -0.25) is 0 Å². The summed E-state index contributed by atoms with van der Waals surface area (Å²) in [7, 11) is 0. The van der Waals surface area contributed by atoms with E-state index in [9.17, 15) is 4.79 Å². The van der Waals surface area contributed by atoms with Gasteiger partial charge in [0.2, 0.25) is 0 Å². The highest BCUT2D eigenvalue weighted by Gasteiger charge is 2.47. The van der Waals surface area contributed by atoms with E-state index in [0.29, 0.717) is 6.61 Å². The van der Waals surface area contributed by atoms with Crippen LogP contribution in [0.15, 0.2) is 16.6 Å². The van der Waals surface area contributed by atoms with Crippen molar-refractivity contribution in [2.45, 2.75) is 76.7 Å². The zero-order valence-corrected chi connectivity index (χ0v) is 16.8. The van der Waals surface area contributed by atoms with Crippen LogP contribution in [-0.4, -0.2) is 28.7 Å². The quantitative estimate of drug-likeness (QED) is 0.647. The van der Waals surface area contributed by atoms with Gasteiger partial charge in [0.25, 0.3) is 0 Å². The second kappa shape index (κ2) is 5.98. The summed E-state index contributed by atoms with van der Waals surface area (Å²) < 4.78 is 12.9. The van der Waals surface area contributed by atoms with Gasteiger partial charge in [-0.2, -0.15) is 0 Å². The summed E-state index contributed by atoms with van der Waals surface area (Å²) in [6.07, 6.45) is 5.11. The first-order valence-corrected chi connectivity index (χ1v) is 10.0. The Morgan fingerprint density at radius 1 is 1.36 bits per heavy atom. The van der Waals surface area contributed by atoms with Crippen LogP contribution in [0.1, 0.15) is 69.2 Å². The van der Waals surface area contributed by atoms with E-state index in [-0.39, 0.29) is 17.7 Å². The molecule has 1 saturated heterocycles. The molecule has 1 aromatic carbocycles. The van der Waals surface area contributed by atoms with Gasteiger partial charge in [-0.05, 0) is 75.3 Å². The topological polar surface area (TPSA) is 38.8 Å². The summed E-state index contributed by atoms with van der Waals surface area (Å²) in [6, 6.07) is 4.48. The minimum atomic E-state index is -0.470. The lowest BCUT2D eigenvalue weighted by Gasteiger charge is -2.33. The maximum absolute atomic E-state index is 12.7. The molecule has 2 heterocycles. The van der Waals surface area contributed by atoms with Gasteiger partial charge >= 0.3 is 6.09 Å². The van der Waals surface area contributed by atoms with E-state index in [2.05, 4.69) is 28.1 Å². The molecule has 2 aliphatic heterocycles. The molecule has 136 valence electrons. The number of hydrogen-bond donors (Lipinski definition) is 0. The summed E-state index contributed by atoms with van der Waals surface area (Å²) >= 11 is 3.68. The Bertz CT molecular complexity index is 706. The molecule has 1 aliphatic carbocycles. The highest BCUT2D eigenvalue weighted by atomic mass is 79.9. The van der Waals surface area contributed by atoms with Crippen molar-refractivity contribution in [2.24, 2.45) is 0 Å². The van der Waals surface area contributed by atoms with Crippen molar-refractivity contribution in [3.8, 4) is 0 Å². The molecule has 1 spiro atoms. The van der Waals surface area contributed by atoms with Gasteiger partial charge in [0, 0.05) is 17.4 Å². The third-order valence-electron chi connectivity index (χ3n) is 5.42. The first kappa shape index (κ1) is 17.3. The van der Waals surface area contributed by atoms with Crippen LogP contribution >= 0.6 is 15.9 Å². The van der Waals surface area contributed by atoms with Crippen LogP contribution in [0.5, 0.6) is 0 Å². The fourth-order valence-electron chi connectivity index (χ4n) is 4.06. The Balaban J connectivity index is 1.64. The van der Waals surface area contributed by atoms with E-state index in [1.165, 1.54) is 29.5 Å². The average molecular weight is 408 g/mol. The van der Waals surface area contributed by atoms with E-state index < -0.39 is 5.60 Å². The number of benzene rings is 1. The third kappa shape index (κ3) is 3.45. The standard InChI is InChI=1S/C20H26BrNO3/c1-19(2,3)25-18(23)22-8-4-5-17(22)15-10-14(21)9-13-11-20(6-7-20)24-12-16(13)15/h9-10,17H,4-8,11-12H2,1-3H3/t17-/m0/s1. The molecule has 1 amide bonds. The van der Waals surface area contributed by atoms with Crippen LogP contribution in [0.25, 0.3) is 0 Å². The second-order valence-corrected chi connectivity index (χ2v) is 9.53. The van der Waals surface area contributed by atoms with Gasteiger partial charge in [-0.1, -0.05) is 15.9 Å². The molecule has 2 fully saturated rings. The van der Waals surface area contributed by atoms with E-state index in [0.717, 1.165) is 30.3 Å². The zero-order valence-electron chi connectivity index (χ0n) is 15.2. The van der Waals surface area contributed by atoms with Crippen LogP contribution in [0.3, 0.4) is 0 Å². The van der Waals surface area contributed by atoms with Crippen molar-refractivity contribution in [1.29, 1.82) is 0 Å². The lowest BCUT2D eigenvalue weighted by Crippen LogP contribution is -2.37. The average Bonchev–Trinajstić information content (AvgIpc) is 3.08. The van der Waals surface area contributed by atoms with Gasteiger partial charge in [-0.15, -0.1) is 0 Å². The molecular weight excluding hydrogens is 382 g/mol. The molecule has 0 radical (unpaired) electrons. The molecule has 3 aliphatic rings. The lowest BCUT2D eigenvalue weighted by atomic mass is 9.90. The van der Waals surface area contributed by atoms with Crippen molar-refractivity contribution in [2.75, 3.05) is 6.54 Å². The minimum Gasteiger partial charge on any atom is -0.444 e. The summed E-state index contributed by atoms with van der Waals surface area (Å²) in [5.74, 6) is 0. The number of rotatable bonds is 1. The number of amides is 1. The molecule has 25 heavy (non-hydrogen) atoms. The largest absolute Gasteiger partial charge is 0.444 e. The highest BCUT2D eigenvalue weighted by Crippen LogP contribution is 2.49. The van der Waals surface area contributed by atoms with Gasteiger partial charge in [0.05, 0.1) is 18.2 Å². The Hall–Kier alpha value is -1.07. The number of nitrogens with zero attached hydrogens (tertiary/aromatic N) is 1. The van der Waals surface area contributed by atoms with Crippen molar-refractivity contribution in [3.63, 3.8) is 0 Å². The van der Waals surface area contributed by atoms with E-state index in [4.69, 9.17) is 9.47 Å². The highest BCUT2D eigenvalue weighted by molar-refractivity contribution is 9.10. The molecule has 1 aromatic rings. The molecule has 1 atom stereocenters. The number of fused-ring (bicyclic) bond motifs is 1. The molecule has 4 nitrogen and oxygen atoms in total. The maximum atomic E-state index is 12.7. The Morgan fingerprint density at radius 2 is 2.12 bits per heavy atom. The molecule has 0 unspecified atom stereocenters.